The first kappa shape index (κ1) is 12.2. The highest BCUT2D eigenvalue weighted by Gasteiger charge is 2.45. The van der Waals surface area contributed by atoms with Gasteiger partial charge in [0.25, 0.3) is 0 Å². The Morgan fingerprint density at radius 1 is 1.17 bits per heavy atom. The van der Waals surface area contributed by atoms with Gasteiger partial charge in [-0.1, -0.05) is 30.3 Å². The molecule has 1 aromatic carbocycles. The molecule has 2 heterocycles. The Morgan fingerprint density at radius 2 is 1.78 bits per heavy atom. The molecule has 0 saturated carbocycles. The maximum Gasteiger partial charge on any atom is 0.0612 e. The summed E-state index contributed by atoms with van der Waals surface area (Å²) in [5, 5.41) is 9.45. The Kier molecular flexibility index (Phi) is 3.14. The lowest BCUT2D eigenvalue weighted by molar-refractivity contribution is 0.0493. The third-order valence-corrected chi connectivity index (χ3v) is 4.58. The molecule has 0 aliphatic carbocycles. The van der Waals surface area contributed by atoms with Crippen molar-refractivity contribution in [3.8, 4) is 0 Å². The Hall–Kier alpha value is -0.900. The number of aliphatic hydroxyl groups excluding tert-OH is 1. The molecule has 1 aromatic rings. The average molecular weight is 246 g/mol. The van der Waals surface area contributed by atoms with Gasteiger partial charge in [0.1, 0.15) is 0 Å². The summed E-state index contributed by atoms with van der Waals surface area (Å²) in [4.78, 5) is 2.59. The van der Waals surface area contributed by atoms with Crippen LogP contribution in [0, 0.1) is 0 Å². The van der Waals surface area contributed by atoms with E-state index in [-0.39, 0.29) is 12.1 Å². The molecular weight excluding hydrogens is 224 g/mol. The lowest BCUT2D eigenvalue weighted by atomic mass is 9.84. The van der Waals surface area contributed by atoms with Gasteiger partial charge in [0.15, 0.2) is 0 Å². The average Bonchev–Trinajstić information content (AvgIpc) is 2.64. The third kappa shape index (κ3) is 2.18. The van der Waals surface area contributed by atoms with Gasteiger partial charge in [0.2, 0.25) is 0 Å². The van der Waals surface area contributed by atoms with Crippen LogP contribution in [0.15, 0.2) is 30.3 Å². The molecule has 2 fully saturated rings. The Bertz CT molecular complexity index is 392. The molecule has 2 saturated heterocycles. The molecule has 3 N–H and O–H groups in total. The quantitative estimate of drug-likeness (QED) is 0.850. The van der Waals surface area contributed by atoms with E-state index in [4.69, 9.17) is 5.73 Å². The number of benzene rings is 1. The number of aliphatic hydroxyl groups is 1. The van der Waals surface area contributed by atoms with Crippen LogP contribution in [0.5, 0.6) is 0 Å². The molecule has 0 aromatic heterocycles. The van der Waals surface area contributed by atoms with E-state index in [0.717, 1.165) is 19.4 Å². The maximum atomic E-state index is 9.45. The van der Waals surface area contributed by atoms with Gasteiger partial charge >= 0.3 is 0 Å². The van der Waals surface area contributed by atoms with Crippen molar-refractivity contribution in [2.45, 2.75) is 49.9 Å². The van der Waals surface area contributed by atoms with Crippen molar-refractivity contribution in [1.82, 2.24) is 4.90 Å². The molecule has 3 nitrogen and oxygen atoms in total. The number of nitrogens with zero attached hydrogens (tertiary/aromatic N) is 1. The zero-order valence-electron chi connectivity index (χ0n) is 10.8. The Balaban J connectivity index is 1.73. The van der Waals surface area contributed by atoms with E-state index in [1.165, 1.54) is 18.4 Å². The van der Waals surface area contributed by atoms with E-state index in [9.17, 15) is 5.11 Å². The first-order valence-electron chi connectivity index (χ1n) is 6.90. The van der Waals surface area contributed by atoms with Crippen LogP contribution in [-0.2, 0) is 6.54 Å². The summed E-state index contributed by atoms with van der Waals surface area (Å²) in [7, 11) is 0. The van der Waals surface area contributed by atoms with E-state index in [2.05, 4.69) is 35.2 Å². The van der Waals surface area contributed by atoms with Crippen molar-refractivity contribution < 1.29 is 5.11 Å². The fraction of sp³-hybridized carbons (Fsp3) is 0.600. The van der Waals surface area contributed by atoms with E-state index in [1.54, 1.807) is 0 Å². The second-order valence-electron chi connectivity index (χ2n) is 5.97. The molecule has 98 valence electrons. The summed E-state index contributed by atoms with van der Waals surface area (Å²) in [5.41, 5.74) is 7.30. The molecule has 0 radical (unpaired) electrons. The minimum Gasteiger partial charge on any atom is -0.394 e. The number of piperidine rings is 1. The van der Waals surface area contributed by atoms with Crippen LogP contribution < -0.4 is 5.73 Å². The molecule has 2 unspecified atom stereocenters. The second kappa shape index (κ2) is 4.65. The highest BCUT2D eigenvalue weighted by molar-refractivity contribution is 5.16. The van der Waals surface area contributed by atoms with Crippen molar-refractivity contribution in [3.05, 3.63) is 35.9 Å². The minimum atomic E-state index is -0.334. The lowest BCUT2D eigenvalue weighted by Crippen LogP contribution is -2.57. The zero-order chi connectivity index (χ0) is 12.6. The Labute approximate surface area is 109 Å². The van der Waals surface area contributed by atoms with E-state index >= 15 is 0 Å². The smallest absolute Gasteiger partial charge is 0.0612 e. The largest absolute Gasteiger partial charge is 0.394 e. The molecule has 0 spiro atoms. The third-order valence-electron chi connectivity index (χ3n) is 4.58. The molecule has 2 bridgehead atoms. The molecule has 2 atom stereocenters. The van der Waals surface area contributed by atoms with Crippen molar-refractivity contribution in [2.24, 2.45) is 5.73 Å². The van der Waals surface area contributed by atoms with Gasteiger partial charge in [0.05, 0.1) is 6.61 Å². The SMILES string of the molecule is NC1(CO)CC2CCC(C1)N2Cc1ccccc1. The predicted molar refractivity (Wildman–Crippen MR) is 72.0 cm³/mol. The van der Waals surface area contributed by atoms with E-state index in [0.29, 0.717) is 12.1 Å². The van der Waals surface area contributed by atoms with E-state index < -0.39 is 0 Å². The van der Waals surface area contributed by atoms with Crippen LogP contribution in [0.1, 0.15) is 31.2 Å². The zero-order valence-corrected chi connectivity index (χ0v) is 10.8. The number of hydrogen-bond acceptors (Lipinski definition) is 3. The van der Waals surface area contributed by atoms with Gasteiger partial charge in [-0.2, -0.15) is 0 Å². The van der Waals surface area contributed by atoms with Crippen molar-refractivity contribution in [2.75, 3.05) is 6.61 Å². The summed E-state index contributed by atoms with van der Waals surface area (Å²) < 4.78 is 0. The summed E-state index contributed by atoms with van der Waals surface area (Å²) >= 11 is 0. The van der Waals surface area contributed by atoms with Crippen LogP contribution in [0.25, 0.3) is 0 Å². The van der Waals surface area contributed by atoms with Gasteiger partial charge in [0, 0.05) is 24.2 Å². The first-order valence-corrected chi connectivity index (χ1v) is 6.90. The molecule has 3 rings (SSSR count). The van der Waals surface area contributed by atoms with Gasteiger partial charge in [-0.25, -0.2) is 0 Å². The lowest BCUT2D eigenvalue weighted by Gasteiger charge is -2.44. The maximum absolute atomic E-state index is 9.45. The number of fused-ring (bicyclic) bond motifs is 2. The van der Waals surface area contributed by atoms with Gasteiger partial charge in [-0.3, -0.25) is 4.90 Å². The second-order valence-corrected chi connectivity index (χ2v) is 5.97. The molecule has 18 heavy (non-hydrogen) atoms. The van der Waals surface area contributed by atoms with Gasteiger partial charge in [-0.15, -0.1) is 0 Å². The molecule has 3 heteroatoms. The highest BCUT2D eigenvalue weighted by Crippen LogP contribution is 2.40. The van der Waals surface area contributed by atoms with E-state index in [1.807, 2.05) is 0 Å². The van der Waals surface area contributed by atoms with Crippen LogP contribution in [0.2, 0.25) is 0 Å². The fourth-order valence-corrected chi connectivity index (χ4v) is 3.66. The summed E-state index contributed by atoms with van der Waals surface area (Å²) in [6.07, 6.45) is 4.34. The molecule has 2 aliphatic rings. The van der Waals surface area contributed by atoms with Crippen molar-refractivity contribution >= 4 is 0 Å². The minimum absolute atomic E-state index is 0.124. The van der Waals surface area contributed by atoms with Crippen LogP contribution in [0.3, 0.4) is 0 Å². The highest BCUT2D eigenvalue weighted by atomic mass is 16.3. The van der Waals surface area contributed by atoms with Crippen molar-refractivity contribution in [3.63, 3.8) is 0 Å². The topological polar surface area (TPSA) is 49.5 Å². The molecular formula is C15H22N2O. The van der Waals surface area contributed by atoms with Crippen LogP contribution in [0.4, 0.5) is 0 Å². The normalized spacial score (nSPS) is 35.9. The summed E-state index contributed by atoms with van der Waals surface area (Å²) in [5.74, 6) is 0. The monoisotopic (exact) mass is 246 g/mol. The predicted octanol–water partition coefficient (Wildman–Crippen LogP) is 1.50. The van der Waals surface area contributed by atoms with Crippen LogP contribution >= 0.6 is 0 Å². The van der Waals surface area contributed by atoms with Gasteiger partial charge < -0.3 is 10.8 Å². The summed E-state index contributed by atoms with van der Waals surface area (Å²) in [6, 6.07) is 11.8. The number of rotatable bonds is 3. The standard InChI is InChI=1S/C15H22N2O/c16-15(11-18)8-13-6-7-14(9-15)17(13)10-12-4-2-1-3-5-12/h1-5,13-14,18H,6-11,16H2. The Morgan fingerprint density at radius 3 is 2.33 bits per heavy atom. The number of hydrogen-bond donors (Lipinski definition) is 2. The summed E-state index contributed by atoms with van der Waals surface area (Å²) in [6.45, 7) is 1.15. The van der Waals surface area contributed by atoms with Gasteiger partial charge in [-0.05, 0) is 31.2 Å². The van der Waals surface area contributed by atoms with Crippen LogP contribution in [-0.4, -0.2) is 34.2 Å². The van der Waals surface area contributed by atoms with Crippen molar-refractivity contribution in [1.29, 1.82) is 0 Å². The molecule has 0 amide bonds. The fourth-order valence-electron chi connectivity index (χ4n) is 3.66. The molecule has 2 aliphatic heterocycles. The number of nitrogens with two attached hydrogens (primary N) is 1. The first-order chi connectivity index (χ1) is 8.70.